The minimum absolute atomic E-state index is 0.0177. The zero-order valence-electron chi connectivity index (χ0n) is 9.50. The summed E-state index contributed by atoms with van der Waals surface area (Å²) in [6.45, 7) is 2.28. The first-order chi connectivity index (χ1) is 8.13. The first-order valence-electron chi connectivity index (χ1n) is 5.20. The second kappa shape index (κ2) is 6.24. The lowest BCUT2D eigenvalue weighted by atomic mass is 9.99. The van der Waals surface area contributed by atoms with E-state index in [2.05, 4.69) is 0 Å². The van der Waals surface area contributed by atoms with Gasteiger partial charge in [0.25, 0.3) is 0 Å². The summed E-state index contributed by atoms with van der Waals surface area (Å²) in [5.41, 5.74) is 7.16. The first-order valence-corrected chi connectivity index (χ1v) is 5.57. The fourth-order valence-corrected chi connectivity index (χ4v) is 1.75. The van der Waals surface area contributed by atoms with Crippen molar-refractivity contribution in [2.45, 2.75) is 19.9 Å². The zero-order valence-corrected chi connectivity index (χ0v) is 10.3. The van der Waals surface area contributed by atoms with Crippen LogP contribution in [-0.2, 0) is 22.5 Å². The summed E-state index contributed by atoms with van der Waals surface area (Å²) >= 11 is 5.90. The summed E-state index contributed by atoms with van der Waals surface area (Å²) in [7, 11) is 0. The maximum absolute atomic E-state index is 11.4. The molecule has 0 bridgehead atoms. The summed E-state index contributed by atoms with van der Waals surface area (Å²) in [5.74, 6) is -0.388. The van der Waals surface area contributed by atoms with Crippen LogP contribution >= 0.6 is 11.6 Å². The van der Waals surface area contributed by atoms with Gasteiger partial charge in [0, 0.05) is 6.54 Å². The topological polar surface area (TPSA) is 76.1 Å². The molecular weight excluding hydrogens is 240 g/mol. The number of ether oxygens (including phenoxy) is 1. The highest BCUT2D eigenvalue weighted by Crippen LogP contribution is 2.23. The number of hydrogen-bond donors (Lipinski definition) is 1. The second-order valence-corrected chi connectivity index (χ2v) is 3.76. The van der Waals surface area contributed by atoms with Crippen molar-refractivity contribution >= 4 is 17.6 Å². The third kappa shape index (κ3) is 3.19. The summed E-state index contributed by atoms with van der Waals surface area (Å²) in [6.07, 6.45) is 0.0177. The normalized spacial score (nSPS) is 9.76. The van der Waals surface area contributed by atoms with Crippen LogP contribution < -0.4 is 5.73 Å². The van der Waals surface area contributed by atoms with Gasteiger partial charge in [0.1, 0.15) is 6.07 Å². The fraction of sp³-hybridized carbons (Fsp3) is 0.333. The summed E-state index contributed by atoms with van der Waals surface area (Å²) in [6, 6.07) is 5.32. The number of nitrogens with two attached hydrogens (primary N) is 1. The summed E-state index contributed by atoms with van der Waals surface area (Å²) in [5, 5.41) is 9.36. The van der Waals surface area contributed by atoms with Crippen molar-refractivity contribution in [3.05, 3.63) is 33.8 Å². The molecule has 0 radical (unpaired) electrons. The lowest BCUT2D eigenvalue weighted by Crippen LogP contribution is -2.12. The number of esters is 1. The highest BCUT2D eigenvalue weighted by molar-refractivity contribution is 6.31. The third-order valence-corrected chi connectivity index (χ3v) is 2.63. The lowest BCUT2D eigenvalue weighted by Gasteiger charge is -2.10. The van der Waals surface area contributed by atoms with Gasteiger partial charge in [-0.25, -0.2) is 0 Å². The van der Waals surface area contributed by atoms with E-state index in [9.17, 15) is 4.79 Å². The van der Waals surface area contributed by atoms with Gasteiger partial charge in [0.2, 0.25) is 0 Å². The third-order valence-electron chi connectivity index (χ3n) is 2.32. The maximum atomic E-state index is 11.4. The molecule has 0 spiro atoms. The second-order valence-electron chi connectivity index (χ2n) is 3.36. The van der Waals surface area contributed by atoms with Crippen molar-refractivity contribution in [2.24, 2.45) is 5.73 Å². The molecule has 0 amide bonds. The Hall–Kier alpha value is -1.57. The Bertz CT molecular complexity index is 466. The molecule has 0 atom stereocenters. The van der Waals surface area contributed by atoms with E-state index >= 15 is 0 Å². The monoisotopic (exact) mass is 252 g/mol. The van der Waals surface area contributed by atoms with Crippen LogP contribution in [0.1, 0.15) is 23.6 Å². The van der Waals surface area contributed by atoms with Gasteiger partial charge in [-0.1, -0.05) is 17.7 Å². The maximum Gasteiger partial charge on any atom is 0.310 e. The molecule has 2 N–H and O–H groups in total. The predicted molar refractivity (Wildman–Crippen MR) is 64.4 cm³/mol. The van der Waals surface area contributed by atoms with Gasteiger partial charge in [0.05, 0.1) is 23.6 Å². The van der Waals surface area contributed by atoms with E-state index in [-0.39, 0.29) is 18.9 Å². The largest absolute Gasteiger partial charge is 0.466 e. The number of hydrogen-bond acceptors (Lipinski definition) is 4. The Morgan fingerprint density at radius 1 is 1.59 bits per heavy atom. The molecule has 0 unspecified atom stereocenters. The van der Waals surface area contributed by atoms with Crippen molar-refractivity contribution in [3.8, 4) is 6.07 Å². The van der Waals surface area contributed by atoms with Crippen molar-refractivity contribution in [1.29, 1.82) is 5.26 Å². The Morgan fingerprint density at radius 3 is 2.82 bits per heavy atom. The number of rotatable bonds is 4. The van der Waals surface area contributed by atoms with E-state index in [0.717, 1.165) is 5.56 Å². The molecule has 1 rings (SSSR count). The number of carbonyl (C=O) groups excluding carboxylic acids is 1. The molecule has 5 heteroatoms. The van der Waals surface area contributed by atoms with E-state index in [4.69, 9.17) is 27.3 Å². The molecule has 0 heterocycles. The average Bonchev–Trinajstić information content (AvgIpc) is 2.30. The zero-order chi connectivity index (χ0) is 12.8. The number of nitrogens with zero attached hydrogens (tertiary/aromatic N) is 1. The Labute approximate surface area is 105 Å². The van der Waals surface area contributed by atoms with E-state index in [1.165, 1.54) is 0 Å². The van der Waals surface area contributed by atoms with Crippen molar-refractivity contribution in [1.82, 2.24) is 0 Å². The average molecular weight is 253 g/mol. The fourth-order valence-electron chi connectivity index (χ4n) is 1.53. The first kappa shape index (κ1) is 13.5. The number of halogens is 1. The minimum Gasteiger partial charge on any atom is -0.466 e. The molecule has 0 aliphatic heterocycles. The van der Waals surface area contributed by atoms with Gasteiger partial charge in [0.15, 0.2) is 0 Å². The molecule has 0 saturated heterocycles. The van der Waals surface area contributed by atoms with Gasteiger partial charge in [-0.2, -0.15) is 5.26 Å². The minimum atomic E-state index is -0.388. The Morgan fingerprint density at radius 2 is 2.29 bits per heavy atom. The molecule has 1 aromatic rings. The van der Waals surface area contributed by atoms with Crippen LogP contribution in [0.15, 0.2) is 12.1 Å². The molecule has 0 aliphatic rings. The quantitative estimate of drug-likeness (QED) is 0.829. The van der Waals surface area contributed by atoms with Crippen molar-refractivity contribution in [2.75, 3.05) is 6.61 Å². The van der Waals surface area contributed by atoms with Gasteiger partial charge in [-0.15, -0.1) is 0 Å². The van der Waals surface area contributed by atoms with Crippen LogP contribution in [0.5, 0.6) is 0 Å². The van der Waals surface area contributed by atoms with Crippen LogP contribution in [0.3, 0.4) is 0 Å². The molecule has 1 aromatic carbocycles. The van der Waals surface area contributed by atoms with E-state index in [1.54, 1.807) is 19.1 Å². The molecule has 0 aliphatic carbocycles. The van der Waals surface area contributed by atoms with Crippen LogP contribution in [0.4, 0.5) is 0 Å². The van der Waals surface area contributed by atoms with Crippen LogP contribution in [0.25, 0.3) is 0 Å². The molecule has 17 heavy (non-hydrogen) atoms. The van der Waals surface area contributed by atoms with E-state index < -0.39 is 0 Å². The van der Waals surface area contributed by atoms with Crippen LogP contribution in [-0.4, -0.2) is 12.6 Å². The molecule has 90 valence electrons. The smallest absolute Gasteiger partial charge is 0.310 e. The van der Waals surface area contributed by atoms with Crippen molar-refractivity contribution < 1.29 is 9.53 Å². The van der Waals surface area contributed by atoms with Gasteiger partial charge in [-0.05, 0) is 24.1 Å². The summed E-state index contributed by atoms with van der Waals surface area (Å²) in [4.78, 5) is 11.4. The predicted octanol–water partition coefficient (Wildman–Crippen LogP) is 1.78. The molecular formula is C12H13ClN2O2. The van der Waals surface area contributed by atoms with E-state index in [1.807, 2.05) is 6.07 Å². The van der Waals surface area contributed by atoms with Crippen LogP contribution in [0.2, 0.25) is 5.02 Å². The van der Waals surface area contributed by atoms with Crippen LogP contribution in [0, 0.1) is 11.3 Å². The molecule has 0 aromatic heterocycles. The van der Waals surface area contributed by atoms with Crippen molar-refractivity contribution in [3.63, 3.8) is 0 Å². The van der Waals surface area contributed by atoms with Gasteiger partial charge >= 0.3 is 5.97 Å². The summed E-state index contributed by atoms with van der Waals surface area (Å²) < 4.78 is 4.85. The SMILES string of the molecule is CCOC(=O)Cc1c(CN)ccc(Cl)c1C#N. The number of nitriles is 1. The Balaban J connectivity index is 3.15. The van der Waals surface area contributed by atoms with Gasteiger partial charge in [-0.3, -0.25) is 4.79 Å². The number of carbonyl (C=O) groups is 1. The molecule has 0 fully saturated rings. The van der Waals surface area contributed by atoms with E-state index in [0.29, 0.717) is 22.8 Å². The number of benzene rings is 1. The van der Waals surface area contributed by atoms with Gasteiger partial charge < -0.3 is 10.5 Å². The Kier molecular flexibility index (Phi) is 4.95. The highest BCUT2D eigenvalue weighted by Gasteiger charge is 2.15. The highest BCUT2D eigenvalue weighted by atomic mass is 35.5. The lowest BCUT2D eigenvalue weighted by molar-refractivity contribution is -0.142. The molecule has 0 saturated carbocycles. The standard InChI is InChI=1S/C12H13ClN2O2/c1-2-17-12(16)5-9-8(6-14)3-4-11(13)10(9)7-15/h3-4H,2,5-6,14H2,1H3. The molecule has 4 nitrogen and oxygen atoms in total.